The first-order valence-corrected chi connectivity index (χ1v) is 2.48. The molecule has 0 saturated heterocycles. The molecule has 1 aromatic heterocycles. The Morgan fingerprint density at radius 2 is 2.78 bits per heavy atom. The molecule has 4 heteroatoms. The Morgan fingerprint density at radius 3 is 3.33 bits per heavy atom. The fraction of sp³-hybridized carbons (Fsp3) is 0.200. The minimum absolute atomic E-state index is 0.830. The van der Waals surface area contributed by atoms with Crippen molar-refractivity contribution in [3.63, 3.8) is 0 Å². The van der Waals surface area contributed by atoms with Crippen LogP contribution in [0.5, 0.6) is 0 Å². The third-order valence-corrected chi connectivity index (χ3v) is 0.817. The van der Waals surface area contributed by atoms with E-state index in [4.69, 9.17) is 0 Å². The van der Waals surface area contributed by atoms with Crippen molar-refractivity contribution in [1.82, 2.24) is 9.97 Å². The second-order valence-electron chi connectivity index (χ2n) is 1.42. The largest absolute Gasteiger partial charge is 0.399 e. The molecule has 0 saturated carbocycles. The molecular weight excluding hydrogens is 118 g/mol. The zero-order valence-corrected chi connectivity index (χ0v) is 5.03. The van der Waals surface area contributed by atoms with E-state index in [0.29, 0.717) is 0 Å². The molecule has 0 fully saturated rings. The highest BCUT2D eigenvalue weighted by molar-refractivity contribution is 5.75. The summed E-state index contributed by atoms with van der Waals surface area (Å²) in [4.78, 5) is 11.0. The molecule has 0 atom stereocenters. The quantitative estimate of drug-likeness (QED) is 0.459. The van der Waals surface area contributed by atoms with Gasteiger partial charge in [0.2, 0.25) is 0 Å². The van der Waals surface area contributed by atoms with Gasteiger partial charge in [0, 0.05) is 0 Å². The number of aromatic amines is 1. The van der Waals surface area contributed by atoms with Crippen LogP contribution in [0.4, 0.5) is 0 Å². The van der Waals surface area contributed by atoms with Crippen LogP contribution in [0.1, 0.15) is 5.69 Å². The van der Waals surface area contributed by atoms with Crippen molar-refractivity contribution < 1.29 is 4.84 Å². The van der Waals surface area contributed by atoms with Crippen molar-refractivity contribution in [2.45, 2.75) is 0 Å². The molecule has 1 heterocycles. The Hall–Kier alpha value is -1.32. The highest BCUT2D eigenvalue weighted by atomic mass is 16.6. The lowest BCUT2D eigenvalue weighted by atomic mass is 10.5. The first kappa shape index (κ1) is 5.81. The molecule has 0 aliphatic heterocycles. The molecule has 48 valence electrons. The van der Waals surface area contributed by atoms with Crippen molar-refractivity contribution in [2.75, 3.05) is 7.11 Å². The van der Waals surface area contributed by atoms with E-state index in [1.54, 1.807) is 18.7 Å². The van der Waals surface area contributed by atoms with Crippen LogP contribution < -0.4 is 0 Å². The summed E-state index contributed by atoms with van der Waals surface area (Å²) in [5.74, 6) is 0. The van der Waals surface area contributed by atoms with Crippen LogP contribution in [0.2, 0.25) is 0 Å². The third-order valence-electron chi connectivity index (χ3n) is 0.817. The second-order valence-corrected chi connectivity index (χ2v) is 1.42. The molecule has 0 bridgehead atoms. The van der Waals surface area contributed by atoms with Gasteiger partial charge in [-0.15, -0.1) is 0 Å². The van der Waals surface area contributed by atoms with Crippen LogP contribution in [0.15, 0.2) is 17.7 Å². The summed E-state index contributed by atoms with van der Waals surface area (Å²) in [7, 11) is 1.49. The lowest BCUT2D eigenvalue weighted by Crippen LogP contribution is -1.78. The molecule has 4 nitrogen and oxygen atoms in total. The lowest BCUT2D eigenvalue weighted by molar-refractivity contribution is 0.215. The maximum atomic E-state index is 4.44. The first-order chi connectivity index (χ1) is 4.43. The molecule has 0 spiro atoms. The smallest absolute Gasteiger partial charge is 0.106 e. The Kier molecular flexibility index (Phi) is 1.85. The number of nitrogens with zero attached hydrogens (tertiary/aromatic N) is 2. The molecule has 9 heavy (non-hydrogen) atoms. The maximum Gasteiger partial charge on any atom is 0.106 e. The number of hydrogen-bond acceptors (Lipinski definition) is 3. The van der Waals surface area contributed by atoms with Crippen LogP contribution in [0, 0.1) is 0 Å². The molecular formula is C5H7N3O. The molecule has 0 radical (unpaired) electrons. The number of hydrogen-bond donors (Lipinski definition) is 1. The standard InChI is InChI=1S/C5H7N3O/c1-9-8-3-5-2-6-4-7-5/h2-4H,1H3,(H,6,7). The van der Waals surface area contributed by atoms with Gasteiger partial charge in [-0.1, -0.05) is 5.16 Å². The number of oxime groups is 1. The Morgan fingerprint density at radius 1 is 1.89 bits per heavy atom. The van der Waals surface area contributed by atoms with Gasteiger partial charge in [-0.3, -0.25) is 0 Å². The molecule has 0 amide bonds. The van der Waals surface area contributed by atoms with E-state index in [2.05, 4.69) is 20.0 Å². The number of H-pyrrole nitrogens is 1. The second kappa shape index (κ2) is 2.86. The van der Waals surface area contributed by atoms with Crippen molar-refractivity contribution >= 4 is 6.21 Å². The molecule has 0 aliphatic carbocycles. The minimum Gasteiger partial charge on any atom is -0.399 e. The zero-order chi connectivity index (χ0) is 6.53. The highest BCUT2D eigenvalue weighted by Gasteiger charge is 1.83. The number of rotatable bonds is 2. The predicted molar refractivity (Wildman–Crippen MR) is 33.2 cm³/mol. The van der Waals surface area contributed by atoms with Crippen molar-refractivity contribution in [2.24, 2.45) is 5.16 Å². The summed E-state index contributed by atoms with van der Waals surface area (Å²) in [6.07, 6.45) is 4.78. The van der Waals surface area contributed by atoms with Crippen LogP contribution in [-0.2, 0) is 4.84 Å². The van der Waals surface area contributed by atoms with Crippen molar-refractivity contribution in [3.8, 4) is 0 Å². The minimum atomic E-state index is 0.830. The van der Waals surface area contributed by atoms with E-state index >= 15 is 0 Å². The first-order valence-electron chi connectivity index (χ1n) is 2.48. The Labute approximate surface area is 52.6 Å². The van der Waals surface area contributed by atoms with E-state index < -0.39 is 0 Å². The highest BCUT2D eigenvalue weighted by Crippen LogP contribution is 1.83. The number of imidazole rings is 1. The molecule has 0 aromatic carbocycles. The molecule has 0 unspecified atom stereocenters. The van der Waals surface area contributed by atoms with Gasteiger partial charge in [0.1, 0.15) is 7.11 Å². The summed E-state index contributed by atoms with van der Waals surface area (Å²) in [5, 5.41) is 3.52. The number of aromatic nitrogens is 2. The van der Waals surface area contributed by atoms with Gasteiger partial charge in [0.15, 0.2) is 0 Å². The Bertz CT molecular complexity index is 180. The van der Waals surface area contributed by atoms with Gasteiger partial charge in [0.05, 0.1) is 24.4 Å². The molecule has 1 aromatic rings. The average molecular weight is 125 g/mol. The van der Waals surface area contributed by atoms with E-state index in [9.17, 15) is 0 Å². The molecule has 1 rings (SSSR count). The molecule has 1 N–H and O–H groups in total. The van der Waals surface area contributed by atoms with E-state index in [1.165, 1.54) is 7.11 Å². The fourth-order valence-corrected chi connectivity index (χ4v) is 0.447. The van der Waals surface area contributed by atoms with Gasteiger partial charge in [-0.25, -0.2) is 4.98 Å². The zero-order valence-electron chi connectivity index (χ0n) is 5.03. The predicted octanol–water partition coefficient (Wildman–Crippen LogP) is 0.390. The SMILES string of the molecule is CON=Cc1cnc[nH]1. The van der Waals surface area contributed by atoms with Crippen LogP contribution in [0.25, 0.3) is 0 Å². The van der Waals surface area contributed by atoms with Crippen LogP contribution in [-0.4, -0.2) is 23.3 Å². The van der Waals surface area contributed by atoms with Gasteiger partial charge in [-0.2, -0.15) is 0 Å². The van der Waals surface area contributed by atoms with Gasteiger partial charge in [0.25, 0.3) is 0 Å². The average Bonchev–Trinajstić information content (AvgIpc) is 2.34. The monoisotopic (exact) mass is 125 g/mol. The normalized spacial score (nSPS) is 10.3. The van der Waals surface area contributed by atoms with Crippen LogP contribution in [0.3, 0.4) is 0 Å². The summed E-state index contributed by atoms with van der Waals surface area (Å²) < 4.78 is 0. The fourth-order valence-electron chi connectivity index (χ4n) is 0.447. The van der Waals surface area contributed by atoms with E-state index in [0.717, 1.165) is 5.69 Å². The summed E-state index contributed by atoms with van der Waals surface area (Å²) >= 11 is 0. The van der Waals surface area contributed by atoms with Gasteiger partial charge in [-0.05, 0) is 0 Å². The van der Waals surface area contributed by atoms with Crippen molar-refractivity contribution in [1.29, 1.82) is 0 Å². The summed E-state index contributed by atoms with van der Waals surface area (Å²) in [6.45, 7) is 0. The van der Waals surface area contributed by atoms with Gasteiger partial charge < -0.3 is 9.82 Å². The van der Waals surface area contributed by atoms with E-state index in [1.807, 2.05) is 0 Å². The van der Waals surface area contributed by atoms with Crippen molar-refractivity contribution in [3.05, 3.63) is 18.2 Å². The van der Waals surface area contributed by atoms with Gasteiger partial charge >= 0.3 is 0 Å². The lowest BCUT2D eigenvalue weighted by Gasteiger charge is -1.81. The maximum absolute atomic E-state index is 4.44. The third kappa shape index (κ3) is 1.56. The Balaban J connectivity index is 2.57. The van der Waals surface area contributed by atoms with E-state index in [-0.39, 0.29) is 0 Å². The summed E-state index contributed by atoms with van der Waals surface area (Å²) in [5.41, 5.74) is 0.830. The topological polar surface area (TPSA) is 50.3 Å². The number of nitrogens with one attached hydrogen (secondary N) is 1. The van der Waals surface area contributed by atoms with Crippen LogP contribution >= 0.6 is 0 Å². The molecule has 0 aliphatic rings. The summed E-state index contributed by atoms with van der Waals surface area (Å²) in [6, 6.07) is 0.